The third kappa shape index (κ3) is 2.80. The Morgan fingerprint density at radius 2 is 2.27 bits per heavy atom. The number of benzene rings is 1. The zero-order valence-electron chi connectivity index (χ0n) is 8.54. The van der Waals surface area contributed by atoms with Crippen LogP contribution in [0.15, 0.2) is 22.7 Å². The van der Waals surface area contributed by atoms with Gasteiger partial charge in [-0.15, -0.1) is 0 Å². The van der Waals surface area contributed by atoms with Crippen LogP contribution in [0, 0.1) is 24.2 Å². The Hall–Kier alpha value is -1.34. The number of nitrogens with zero attached hydrogens (tertiary/aromatic N) is 1. The third-order valence-electron chi connectivity index (χ3n) is 2.04. The van der Waals surface area contributed by atoms with Gasteiger partial charge in [0.05, 0.1) is 11.8 Å². The zero-order chi connectivity index (χ0) is 11.4. The summed E-state index contributed by atoms with van der Waals surface area (Å²) in [5, 5.41) is 11.3. The SMILES string of the molecule is Cc1cccc(NC(=O)C(C)C#N)c1Br. The van der Waals surface area contributed by atoms with Gasteiger partial charge in [-0.05, 0) is 41.4 Å². The number of carbonyl (C=O) groups excluding carboxylic acids is 1. The predicted molar refractivity (Wildman–Crippen MR) is 62.3 cm³/mol. The number of halogens is 1. The van der Waals surface area contributed by atoms with Crippen LogP contribution in [0.3, 0.4) is 0 Å². The Labute approximate surface area is 97.2 Å². The van der Waals surface area contributed by atoms with E-state index in [1.807, 2.05) is 25.1 Å². The molecule has 1 aromatic rings. The fraction of sp³-hybridized carbons (Fsp3) is 0.273. The normalized spacial score (nSPS) is 11.6. The minimum atomic E-state index is -0.641. The molecule has 0 spiro atoms. The van der Waals surface area contributed by atoms with Crippen molar-refractivity contribution < 1.29 is 4.79 Å². The van der Waals surface area contributed by atoms with E-state index in [4.69, 9.17) is 5.26 Å². The number of nitrogens with one attached hydrogen (secondary N) is 1. The zero-order valence-corrected chi connectivity index (χ0v) is 10.1. The summed E-state index contributed by atoms with van der Waals surface area (Å²) in [6, 6.07) is 7.47. The molecule has 1 unspecified atom stereocenters. The lowest BCUT2D eigenvalue weighted by Crippen LogP contribution is -2.19. The van der Waals surface area contributed by atoms with Crippen molar-refractivity contribution in [3.63, 3.8) is 0 Å². The van der Waals surface area contributed by atoms with Crippen LogP contribution in [0.4, 0.5) is 5.69 Å². The third-order valence-corrected chi connectivity index (χ3v) is 3.09. The van der Waals surface area contributed by atoms with Gasteiger partial charge in [-0.2, -0.15) is 5.26 Å². The van der Waals surface area contributed by atoms with Crippen molar-refractivity contribution in [3.8, 4) is 6.07 Å². The second kappa shape index (κ2) is 4.94. The summed E-state index contributed by atoms with van der Waals surface area (Å²) in [6.07, 6.45) is 0. The van der Waals surface area contributed by atoms with E-state index in [2.05, 4.69) is 21.2 Å². The van der Waals surface area contributed by atoms with E-state index in [1.54, 1.807) is 13.0 Å². The van der Waals surface area contributed by atoms with E-state index in [0.717, 1.165) is 10.0 Å². The van der Waals surface area contributed by atoms with E-state index < -0.39 is 5.92 Å². The first-order valence-corrected chi connectivity index (χ1v) is 5.31. The van der Waals surface area contributed by atoms with Crippen molar-refractivity contribution in [3.05, 3.63) is 28.2 Å². The molecule has 1 aromatic carbocycles. The van der Waals surface area contributed by atoms with Crippen LogP contribution < -0.4 is 5.32 Å². The van der Waals surface area contributed by atoms with Crippen molar-refractivity contribution in [2.75, 3.05) is 5.32 Å². The average Bonchev–Trinajstić information content (AvgIpc) is 2.23. The predicted octanol–water partition coefficient (Wildman–Crippen LogP) is 2.86. The topological polar surface area (TPSA) is 52.9 Å². The number of rotatable bonds is 2. The van der Waals surface area contributed by atoms with E-state index in [9.17, 15) is 4.79 Å². The highest BCUT2D eigenvalue weighted by atomic mass is 79.9. The molecular weight excluding hydrogens is 256 g/mol. The molecule has 4 heteroatoms. The maximum Gasteiger partial charge on any atom is 0.241 e. The molecule has 0 radical (unpaired) electrons. The molecule has 0 aliphatic heterocycles. The van der Waals surface area contributed by atoms with E-state index >= 15 is 0 Å². The molecule has 0 aliphatic carbocycles. The smallest absolute Gasteiger partial charge is 0.241 e. The molecule has 1 amide bonds. The Balaban J connectivity index is 2.87. The second-order valence-electron chi connectivity index (χ2n) is 3.28. The van der Waals surface area contributed by atoms with Crippen LogP contribution in [0.2, 0.25) is 0 Å². The quantitative estimate of drug-likeness (QED) is 0.895. The van der Waals surface area contributed by atoms with Gasteiger partial charge >= 0.3 is 0 Å². The van der Waals surface area contributed by atoms with Gasteiger partial charge in [-0.1, -0.05) is 12.1 Å². The van der Waals surface area contributed by atoms with Crippen LogP contribution in [-0.4, -0.2) is 5.91 Å². The fourth-order valence-corrected chi connectivity index (χ4v) is 1.41. The van der Waals surface area contributed by atoms with Crippen LogP contribution >= 0.6 is 15.9 Å². The largest absolute Gasteiger partial charge is 0.324 e. The van der Waals surface area contributed by atoms with Crippen LogP contribution in [0.1, 0.15) is 12.5 Å². The Morgan fingerprint density at radius 1 is 1.60 bits per heavy atom. The molecule has 3 nitrogen and oxygen atoms in total. The summed E-state index contributed by atoms with van der Waals surface area (Å²) in [4.78, 5) is 11.5. The minimum absolute atomic E-state index is 0.288. The van der Waals surface area contributed by atoms with Gasteiger partial charge in [0.2, 0.25) is 5.91 Å². The maximum absolute atomic E-state index is 11.5. The molecule has 0 bridgehead atoms. The summed E-state index contributed by atoms with van der Waals surface area (Å²) >= 11 is 3.38. The lowest BCUT2D eigenvalue weighted by atomic mass is 10.1. The van der Waals surface area contributed by atoms with E-state index in [-0.39, 0.29) is 5.91 Å². The summed E-state index contributed by atoms with van der Waals surface area (Å²) in [7, 11) is 0. The number of nitriles is 1. The van der Waals surface area contributed by atoms with Gasteiger partial charge in [0.15, 0.2) is 0 Å². The van der Waals surface area contributed by atoms with Crippen molar-refractivity contribution >= 4 is 27.5 Å². The van der Waals surface area contributed by atoms with Crippen molar-refractivity contribution in [1.82, 2.24) is 0 Å². The standard InChI is InChI=1S/C11H11BrN2O/c1-7-4-3-5-9(10(7)12)14-11(15)8(2)6-13/h3-5,8H,1-2H3,(H,14,15). The first-order valence-electron chi connectivity index (χ1n) is 4.52. The number of amides is 1. The Morgan fingerprint density at radius 3 is 2.87 bits per heavy atom. The molecule has 0 saturated heterocycles. The molecule has 1 atom stereocenters. The van der Waals surface area contributed by atoms with Crippen LogP contribution in [0.5, 0.6) is 0 Å². The summed E-state index contributed by atoms with van der Waals surface area (Å²) in [5.41, 5.74) is 1.74. The Kier molecular flexibility index (Phi) is 3.87. The fourth-order valence-electron chi connectivity index (χ4n) is 1.04. The number of anilines is 1. The highest BCUT2D eigenvalue weighted by Crippen LogP contribution is 2.25. The minimum Gasteiger partial charge on any atom is -0.324 e. The average molecular weight is 267 g/mol. The molecule has 0 saturated carbocycles. The number of hydrogen-bond donors (Lipinski definition) is 1. The number of carbonyl (C=O) groups is 1. The highest BCUT2D eigenvalue weighted by Gasteiger charge is 2.13. The van der Waals surface area contributed by atoms with E-state index in [1.165, 1.54) is 0 Å². The van der Waals surface area contributed by atoms with Gasteiger partial charge < -0.3 is 5.32 Å². The summed E-state index contributed by atoms with van der Waals surface area (Å²) in [5.74, 6) is -0.929. The molecule has 0 aliphatic rings. The van der Waals surface area contributed by atoms with Gasteiger partial charge in [0.1, 0.15) is 5.92 Å². The lowest BCUT2D eigenvalue weighted by molar-refractivity contribution is -0.117. The lowest BCUT2D eigenvalue weighted by Gasteiger charge is -2.09. The van der Waals surface area contributed by atoms with Crippen molar-refractivity contribution in [2.45, 2.75) is 13.8 Å². The van der Waals surface area contributed by atoms with E-state index in [0.29, 0.717) is 5.69 Å². The Bertz CT molecular complexity index is 423. The summed E-state index contributed by atoms with van der Waals surface area (Å²) in [6.45, 7) is 3.51. The molecule has 1 N–H and O–H groups in total. The molecule has 1 rings (SSSR count). The second-order valence-corrected chi connectivity index (χ2v) is 4.07. The highest BCUT2D eigenvalue weighted by molar-refractivity contribution is 9.10. The molecule has 0 fully saturated rings. The van der Waals surface area contributed by atoms with Crippen molar-refractivity contribution in [1.29, 1.82) is 5.26 Å². The van der Waals surface area contributed by atoms with Crippen LogP contribution in [-0.2, 0) is 4.79 Å². The molecule has 78 valence electrons. The van der Waals surface area contributed by atoms with Gasteiger partial charge in [0.25, 0.3) is 0 Å². The first-order chi connectivity index (χ1) is 7.06. The number of hydrogen-bond acceptors (Lipinski definition) is 2. The number of aryl methyl sites for hydroxylation is 1. The maximum atomic E-state index is 11.5. The van der Waals surface area contributed by atoms with Gasteiger partial charge in [-0.3, -0.25) is 4.79 Å². The monoisotopic (exact) mass is 266 g/mol. The molecular formula is C11H11BrN2O. The van der Waals surface area contributed by atoms with Gasteiger partial charge in [-0.25, -0.2) is 0 Å². The van der Waals surface area contributed by atoms with Crippen molar-refractivity contribution in [2.24, 2.45) is 5.92 Å². The summed E-state index contributed by atoms with van der Waals surface area (Å²) < 4.78 is 0.850. The van der Waals surface area contributed by atoms with Crippen LogP contribution in [0.25, 0.3) is 0 Å². The molecule has 0 heterocycles. The molecule has 0 aromatic heterocycles. The molecule has 15 heavy (non-hydrogen) atoms. The van der Waals surface area contributed by atoms with Gasteiger partial charge in [0, 0.05) is 4.47 Å². The first kappa shape index (κ1) is 11.7.